The molecule has 2 rings (SSSR count). The van der Waals surface area contributed by atoms with E-state index < -0.39 is 34.1 Å². The molecular formula is C14H17F3N2O3S. The van der Waals surface area contributed by atoms with E-state index in [1.165, 1.54) is 0 Å². The van der Waals surface area contributed by atoms with Gasteiger partial charge in [-0.05, 0) is 12.0 Å². The first kappa shape index (κ1) is 17.6. The summed E-state index contributed by atoms with van der Waals surface area (Å²) in [5.41, 5.74) is 0.443. The van der Waals surface area contributed by atoms with Crippen molar-refractivity contribution in [3.05, 3.63) is 35.9 Å². The molecule has 23 heavy (non-hydrogen) atoms. The number of hydrogen-bond donors (Lipinski definition) is 2. The number of nitrogens with one attached hydrogen (secondary N) is 2. The van der Waals surface area contributed by atoms with Crippen LogP contribution in [-0.4, -0.2) is 44.2 Å². The molecule has 128 valence electrons. The second kappa shape index (κ2) is 6.77. The van der Waals surface area contributed by atoms with Gasteiger partial charge in [0.15, 0.2) is 9.84 Å². The van der Waals surface area contributed by atoms with Crippen LogP contribution in [0.15, 0.2) is 30.3 Å². The van der Waals surface area contributed by atoms with E-state index in [0.29, 0.717) is 5.56 Å². The smallest absolute Gasteiger partial charge is 0.334 e. The number of alkyl halides is 3. The van der Waals surface area contributed by atoms with E-state index in [1.54, 1.807) is 30.3 Å². The van der Waals surface area contributed by atoms with E-state index in [4.69, 9.17) is 0 Å². The molecule has 0 radical (unpaired) electrons. The van der Waals surface area contributed by atoms with Gasteiger partial charge in [0.1, 0.15) is 6.04 Å². The number of benzene rings is 1. The van der Waals surface area contributed by atoms with Gasteiger partial charge in [-0.1, -0.05) is 30.3 Å². The second-order valence-corrected chi connectivity index (χ2v) is 7.73. The fourth-order valence-electron chi connectivity index (χ4n) is 2.39. The van der Waals surface area contributed by atoms with Crippen LogP contribution in [0.5, 0.6) is 0 Å². The van der Waals surface area contributed by atoms with Gasteiger partial charge in [-0.15, -0.1) is 0 Å². The third-order valence-corrected chi connectivity index (χ3v) is 5.32. The minimum absolute atomic E-state index is 0.0648. The zero-order valence-corrected chi connectivity index (χ0v) is 13.0. The van der Waals surface area contributed by atoms with Crippen LogP contribution < -0.4 is 10.6 Å². The Morgan fingerprint density at radius 1 is 1.26 bits per heavy atom. The van der Waals surface area contributed by atoms with Gasteiger partial charge in [0, 0.05) is 12.5 Å². The van der Waals surface area contributed by atoms with Gasteiger partial charge in [-0.25, -0.2) is 13.2 Å². The molecule has 0 aliphatic carbocycles. The average molecular weight is 350 g/mol. The zero-order valence-electron chi connectivity index (χ0n) is 12.1. The van der Waals surface area contributed by atoms with E-state index in [9.17, 15) is 26.4 Å². The Morgan fingerprint density at radius 3 is 2.43 bits per heavy atom. The molecule has 0 unspecified atom stereocenters. The summed E-state index contributed by atoms with van der Waals surface area (Å²) in [5.74, 6) is -0.305. The number of amides is 2. The molecule has 2 atom stereocenters. The van der Waals surface area contributed by atoms with Crippen LogP contribution >= 0.6 is 0 Å². The second-order valence-electron chi connectivity index (χ2n) is 5.50. The first-order chi connectivity index (χ1) is 10.7. The highest BCUT2D eigenvalue weighted by Gasteiger charge is 2.41. The number of hydrogen-bond acceptors (Lipinski definition) is 3. The largest absolute Gasteiger partial charge is 0.408 e. The van der Waals surface area contributed by atoms with E-state index in [-0.39, 0.29) is 24.3 Å². The summed E-state index contributed by atoms with van der Waals surface area (Å²) in [6, 6.07) is 4.31. The highest BCUT2D eigenvalue weighted by molar-refractivity contribution is 7.91. The Bertz CT molecular complexity index is 647. The summed E-state index contributed by atoms with van der Waals surface area (Å²) in [5, 5.41) is 4.18. The number of carbonyl (C=O) groups excluding carboxylic acids is 1. The number of rotatable bonds is 4. The lowest BCUT2D eigenvalue weighted by Gasteiger charge is -2.23. The zero-order chi connectivity index (χ0) is 17.1. The van der Waals surface area contributed by atoms with E-state index in [2.05, 4.69) is 5.32 Å². The molecular weight excluding hydrogens is 333 g/mol. The quantitative estimate of drug-likeness (QED) is 0.867. The maximum absolute atomic E-state index is 13.1. The molecule has 5 nitrogen and oxygen atoms in total. The predicted molar refractivity (Wildman–Crippen MR) is 78.7 cm³/mol. The number of sulfone groups is 1. The Hall–Kier alpha value is -1.77. The van der Waals surface area contributed by atoms with Gasteiger partial charge in [0.2, 0.25) is 0 Å². The standard InChI is InChI=1S/C14H17F3N2O3S/c15-14(16,17)12(8-10-4-2-1-3-5-10)19-13(20)18-11-6-7-23(21,22)9-11/h1-5,11-12H,6-9H2,(H2,18,19,20)/t11-,12-/m0/s1. The summed E-state index contributed by atoms with van der Waals surface area (Å²) >= 11 is 0. The van der Waals surface area contributed by atoms with Gasteiger partial charge >= 0.3 is 12.2 Å². The molecule has 1 aliphatic heterocycles. The molecule has 0 aromatic heterocycles. The average Bonchev–Trinajstić information content (AvgIpc) is 2.77. The summed E-state index contributed by atoms with van der Waals surface area (Å²) < 4.78 is 61.8. The van der Waals surface area contributed by atoms with Crippen LogP contribution in [0.25, 0.3) is 0 Å². The van der Waals surface area contributed by atoms with Crippen molar-refractivity contribution in [2.75, 3.05) is 11.5 Å². The van der Waals surface area contributed by atoms with Crippen LogP contribution in [0, 0.1) is 0 Å². The molecule has 9 heteroatoms. The lowest BCUT2D eigenvalue weighted by Crippen LogP contribution is -2.52. The highest BCUT2D eigenvalue weighted by atomic mass is 32.2. The van der Waals surface area contributed by atoms with Crippen molar-refractivity contribution in [3.63, 3.8) is 0 Å². The molecule has 2 amide bonds. The van der Waals surface area contributed by atoms with Crippen LogP contribution in [0.3, 0.4) is 0 Å². The topological polar surface area (TPSA) is 75.3 Å². The molecule has 0 saturated carbocycles. The molecule has 1 aromatic rings. The van der Waals surface area contributed by atoms with Crippen LogP contribution in [0.2, 0.25) is 0 Å². The molecule has 2 N–H and O–H groups in total. The van der Waals surface area contributed by atoms with Crippen molar-refractivity contribution in [1.82, 2.24) is 10.6 Å². The van der Waals surface area contributed by atoms with Gasteiger partial charge in [-0.3, -0.25) is 0 Å². The van der Waals surface area contributed by atoms with Gasteiger partial charge < -0.3 is 10.6 Å². The van der Waals surface area contributed by atoms with E-state index in [1.807, 2.05) is 5.32 Å². The fourth-order valence-corrected chi connectivity index (χ4v) is 4.07. The lowest BCUT2D eigenvalue weighted by molar-refractivity contribution is -0.152. The Labute approximate surface area is 132 Å². The van der Waals surface area contributed by atoms with Crippen molar-refractivity contribution in [2.45, 2.75) is 31.1 Å². The molecule has 1 heterocycles. The minimum atomic E-state index is -4.60. The SMILES string of the molecule is O=C(N[C@H]1CCS(=O)(=O)C1)N[C@@H](Cc1ccccc1)C(F)(F)F. The number of halogens is 3. The summed E-state index contributed by atoms with van der Waals surface area (Å²) in [4.78, 5) is 11.7. The van der Waals surface area contributed by atoms with Crippen LogP contribution in [-0.2, 0) is 16.3 Å². The van der Waals surface area contributed by atoms with E-state index in [0.717, 1.165) is 0 Å². The molecule has 1 aliphatic rings. The Morgan fingerprint density at radius 2 is 1.91 bits per heavy atom. The Kier molecular flexibility index (Phi) is 5.18. The number of urea groups is 1. The Balaban J connectivity index is 1.96. The van der Waals surface area contributed by atoms with Gasteiger partial charge in [0.25, 0.3) is 0 Å². The van der Waals surface area contributed by atoms with E-state index >= 15 is 0 Å². The van der Waals surface area contributed by atoms with Crippen molar-refractivity contribution in [3.8, 4) is 0 Å². The first-order valence-electron chi connectivity index (χ1n) is 7.04. The molecule has 0 spiro atoms. The van der Waals surface area contributed by atoms with Crippen LogP contribution in [0.4, 0.5) is 18.0 Å². The maximum atomic E-state index is 13.1. The van der Waals surface area contributed by atoms with Crippen molar-refractivity contribution < 1.29 is 26.4 Å². The van der Waals surface area contributed by atoms with Crippen LogP contribution in [0.1, 0.15) is 12.0 Å². The predicted octanol–water partition coefficient (Wildman–Crippen LogP) is 1.65. The van der Waals surface area contributed by atoms with Crippen molar-refractivity contribution in [1.29, 1.82) is 0 Å². The van der Waals surface area contributed by atoms with Crippen molar-refractivity contribution in [2.24, 2.45) is 0 Å². The fraction of sp³-hybridized carbons (Fsp3) is 0.500. The van der Waals surface area contributed by atoms with Crippen molar-refractivity contribution >= 4 is 15.9 Å². The number of carbonyl (C=O) groups is 1. The summed E-state index contributed by atoms with van der Waals surface area (Å²) in [6.07, 6.45) is -4.78. The first-order valence-corrected chi connectivity index (χ1v) is 8.86. The summed E-state index contributed by atoms with van der Waals surface area (Å²) in [6.45, 7) is 0. The van der Waals surface area contributed by atoms with Gasteiger partial charge in [0.05, 0.1) is 11.5 Å². The molecule has 0 bridgehead atoms. The molecule has 1 aromatic carbocycles. The molecule has 1 saturated heterocycles. The monoisotopic (exact) mass is 350 g/mol. The normalized spacial score (nSPS) is 21.6. The molecule has 1 fully saturated rings. The minimum Gasteiger partial charge on any atom is -0.334 e. The maximum Gasteiger partial charge on any atom is 0.408 e. The third kappa shape index (κ3) is 5.42. The third-order valence-electron chi connectivity index (χ3n) is 3.55. The lowest BCUT2D eigenvalue weighted by atomic mass is 10.1. The summed E-state index contributed by atoms with van der Waals surface area (Å²) in [7, 11) is -3.21. The van der Waals surface area contributed by atoms with Gasteiger partial charge in [-0.2, -0.15) is 13.2 Å². The highest BCUT2D eigenvalue weighted by Crippen LogP contribution is 2.23.